The molecule has 1 fully saturated rings. The monoisotopic (exact) mass is 364 g/mol. The van der Waals surface area contributed by atoms with Crippen LogP contribution in [0.2, 0.25) is 0 Å². The van der Waals surface area contributed by atoms with Crippen molar-refractivity contribution in [1.82, 2.24) is 10.3 Å². The molecule has 1 aromatic carbocycles. The van der Waals surface area contributed by atoms with Crippen LogP contribution in [0.5, 0.6) is 0 Å². The quantitative estimate of drug-likeness (QED) is 0.847. The molecule has 1 aliphatic rings. The molecule has 140 valence electrons. The third-order valence-corrected chi connectivity index (χ3v) is 5.36. The lowest BCUT2D eigenvalue weighted by atomic mass is 9.74. The first-order valence-corrected chi connectivity index (χ1v) is 9.01. The van der Waals surface area contributed by atoms with Gasteiger partial charge in [-0.15, -0.1) is 0 Å². The molecule has 0 saturated carbocycles. The second kappa shape index (κ2) is 7.35. The molecule has 0 radical (unpaired) electrons. The minimum Gasteiger partial charge on any atom is -0.316 e. The minimum atomic E-state index is -4.53. The summed E-state index contributed by atoms with van der Waals surface area (Å²) in [4.78, 5) is 16.4. The van der Waals surface area contributed by atoms with Crippen molar-refractivity contribution in [1.29, 1.82) is 0 Å². The van der Waals surface area contributed by atoms with Gasteiger partial charge in [0.15, 0.2) is 0 Å². The Bertz CT molecular complexity index is 795. The summed E-state index contributed by atoms with van der Waals surface area (Å²) in [5.41, 5.74) is -0.341. The summed E-state index contributed by atoms with van der Waals surface area (Å²) in [6, 6.07) is 7.71. The lowest BCUT2D eigenvalue weighted by Gasteiger charge is -2.36. The molecule has 1 aromatic heterocycles. The molecule has 0 spiro atoms. The summed E-state index contributed by atoms with van der Waals surface area (Å²) < 4.78 is 39.5. The van der Waals surface area contributed by atoms with Gasteiger partial charge in [-0.1, -0.05) is 25.1 Å². The molecular formula is C20H23F3N2O. The average molecular weight is 364 g/mol. The zero-order chi connectivity index (χ0) is 18.8. The molecular weight excluding hydrogens is 341 g/mol. The Morgan fingerprint density at radius 2 is 2.08 bits per heavy atom. The normalized spacial score (nSPS) is 21.1. The SMILES string of the molecule is CC[C@@]1(CC(=O)Cc2cc(C(F)(F)F)nc3ccccc23)CCCNC1. The molecule has 3 nitrogen and oxygen atoms in total. The van der Waals surface area contributed by atoms with Crippen LogP contribution >= 0.6 is 0 Å². The second-order valence-electron chi connectivity index (χ2n) is 7.21. The van der Waals surface area contributed by atoms with Gasteiger partial charge < -0.3 is 5.32 Å². The Kier molecular flexibility index (Phi) is 5.32. The van der Waals surface area contributed by atoms with Crippen LogP contribution in [0, 0.1) is 5.41 Å². The molecule has 1 atom stereocenters. The van der Waals surface area contributed by atoms with Gasteiger partial charge in [0.1, 0.15) is 11.5 Å². The van der Waals surface area contributed by atoms with E-state index >= 15 is 0 Å². The molecule has 0 bridgehead atoms. The van der Waals surface area contributed by atoms with Gasteiger partial charge in [0.2, 0.25) is 0 Å². The van der Waals surface area contributed by atoms with E-state index in [1.54, 1.807) is 24.3 Å². The van der Waals surface area contributed by atoms with E-state index in [2.05, 4.69) is 17.2 Å². The third-order valence-electron chi connectivity index (χ3n) is 5.36. The molecule has 0 aliphatic carbocycles. The number of piperidine rings is 1. The van der Waals surface area contributed by atoms with Gasteiger partial charge in [-0.25, -0.2) is 4.98 Å². The summed E-state index contributed by atoms with van der Waals surface area (Å²) >= 11 is 0. The first kappa shape index (κ1) is 18.8. The van der Waals surface area contributed by atoms with Crippen molar-refractivity contribution in [3.05, 3.63) is 41.6 Å². The number of ketones is 1. The topological polar surface area (TPSA) is 42.0 Å². The number of halogens is 3. The molecule has 6 heteroatoms. The molecule has 1 N–H and O–H groups in total. The van der Waals surface area contributed by atoms with Crippen LogP contribution in [0.3, 0.4) is 0 Å². The van der Waals surface area contributed by atoms with E-state index in [4.69, 9.17) is 0 Å². The number of rotatable bonds is 5. The number of aromatic nitrogens is 1. The van der Waals surface area contributed by atoms with Crippen molar-refractivity contribution in [2.24, 2.45) is 5.41 Å². The zero-order valence-corrected chi connectivity index (χ0v) is 14.8. The maximum atomic E-state index is 13.2. The van der Waals surface area contributed by atoms with E-state index < -0.39 is 11.9 Å². The van der Waals surface area contributed by atoms with E-state index in [0.717, 1.165) is 38.4 Å². The maximum absolute atomic E-state index is 13.2. The predicted octanol–water partition coefficient (Wildman–Crippen LogP) is 4.54. The van der Waals surface area contributed by atoms with Crippen LogP contribution < -0.4 is 5.32 Å². The molecule has 3 rings (SSSR count). The van der Waals surface area contributed by atoms with Crippen molar-refractivity contribution in [3.63, 3.8) is 0 Å². The standard InChI is InChI=1S/C20H23F3N2O/c1-2-19(8-5-9-24-13-19)12-15(26)10-14-11-18(20(21,22)23)25-17-7-4-3-6-16(14)17/h3-4,6-7,11,24H,2,5,8-10,12-13H2,1H3/t19-/m0/s1. The van der Waals surface area contributed by atoms with Crippen molar-refractivity contribution in [2.45, 2.75) is 45.2 Å². The summed E-state index contributed by atoms with van der Waals surface area (Å²) in [6.07, 6.45) is -1.23. The third kappa shape index (κ3) is 4.06. The highest BCUT2D eigenvalue weighted by Crippen LogP contribution is 2.35. The Morgan fingerprint density at radius 3 is 2.73 bits per heavy atom. The number of alkyl halides is 3. The molecule has 1 saturated heterocycles. The van der Waals surface area contributed by atoms with Gasteiger partial charge in [-0.05, 0) is 48.9 Å². The first-order chi connectivity index (χ1) is 12.3. The van der Waals surface area contributed by atoms with Crippen molar-refractivity contribution < 1.29 is 18.0 Å². The number of hydrogen-bond donors (Lipinski definition) is 1. The van der Waals surface area contributed by atoms with Crippen LogP contribution in [-0.4, -0.2) is 23.9 Å². The number of Topliss-reactive ketones (excluding diaryl/α,β-unsaturated/α-hetero) is 1. The summed E-state index contributed by atoms with van der Waals surface area (Å²) in [6.45, 7) is 3.82. The number of hydrogen-bond acceptors (Lipinski definition) is 3. The first-order valence-electron chi connectivity index (χ1n) is 9.01. The minimum absolute atomic E-state index is 0.00780. The molecule has 26 heavy (non-hydrogen) atoms. The number of nitrogens with zero attached hydrogens (tertiary/aromatic N) is 1. The predicted molar refractivity (Wildman–Crippen MR) is 94.9 cm³/mol. The number of carbonyl (C=O) groups excluding carboxylic acids is 1. The number of fused-ring (bicyclic) bond motifs is 1. The fourth-order valence-corrected chi connectivity index (χ4v) is 3.84. The maximum Gasteiger partial charge on any atom is 0.433 e. The van der Waals surface area contributed by atoms with Gasteiger partial charge in [0.05, 0.1) is 5.52 Å². The molecule has 0 amide bonds. The second-order valence-corrected chi connectivity index (χ2v) is 7.21. The molecule has 0 unspecified atom stereocenters. The lowest BCUT2D eigenvalue weighted by Crippen LogP contribution is -2.41. The summed E-state index contributed by atoms with van der Waals surface area (Å²) in [7, 11) is 0. The smallest absolute Gasteiger partial charge is 0.316 e. The van der Waals surface area contributed by atoms with Crippen LogP contribution in [0.4, 0.5) is 13.2 Å². The highest BCUT2D eigenvalue weighted by molar-refractivity contribution is 5.89. The van der Waals surface area contributed by atoms with Crippen molar-refractivity contribution in [3.8, 4) is 0 Å². The summed E-state index contributed by atoms with van der Waals surface area (Å²) in [5, 5.41) is 3.96. The lowest BCUT2D eigenvalue weighted by molar-refractivity contribution is -0.141. The number of carbonyl (C=O) groups is 1. The van der Waals surface area contributed by atoms with Crippen LogP contribution in [0.1, 0.15) is 43.9 Å². The van der Waals surface area contributed by atoms with Gasteiger partial charge in [-0.3, -0.25) is 4.79 Å². The van der Waals surface area contributed by atoms with Gasteiger partial charge in [0.25, 0.3) is 0 Å². The van der Waals surface area contributed by atoms with Crippen LogP contribution in [0.25, 0.3) is 10.9 Å². The highest BCUT2D eigenvalue weighted by atomic mass is 19.4. The largest absolute Gasteiger partial charge is 0.433 e. The van der Waals surface area contributed by atoms with Crippen molar-refractivity contribution in [2.75, 3.05) is 13.1 Å². The van der Waals surface area contributed by atoms with E-state index in [1.165, 1.54) is 0 Å². The number of para-hydroxylation sites is 1. The Morgan fingerprint density at radius 1 is 1.31 bits per heavy atom. The van der Waals surface area contributed by atoms with Gasteiger partial charge >= 0.3 is 6.18 Å². The number of benzene rings is 1. The summed E-state index contributed by atoms with van der Waals surface area (Å²) in [5.74, 6) is -0.0139. The molecule has 2 aromatic rings. The molecule has 2 heterocycles. The zero-order valence-electron chi connectivity index (χ0n) is 14.8. The van der Waals surface area contributed by atoms with Gasteiger partial charge in [-0.2, -0.15) is 13.2 Å². The highest BCUT2D eigenvalue weighted by Gasteiger charge is 2.35. The molecule has 1 aliphatic heterocycles. The van der Waals surface area contributed by atoms with Gasteiger partial charge in [0, 0.05) is 24.8 Å². The Balaban J connectivity index is 1.88. The number of pyridine rings is 1. The van der Waals surface area contributed by atoms with Crippen LogP contribution in [0.15, 0.2) is 30.3 Å². The fourth-order valence-electron chi connectivity index (χ4n) is 3.84. The fraction of sp³-hybridized carbons (Fsp3) is 0.500. The van der Waals surface area contributed by atoms with E-state index in [-0.39, 0.29) is 23.1 Å². The van der Waals surface area contributed by atoms with E-state index in [1.807, 2.05) is 0 Å². The Labute approximate surface area is 151 Å². The van der Waals surface area contributed by atoms with E-state index in [0.29, 0.717) is 17.4 Å². The number of nitrogens with one attached hydrogen (secondary N) is 1. The average Bonchev–Trinajstić information content (AvgIpc) is 2.61. The van der Waals surface area contributed by atoms with Crippen molar-refractivity contribution >= 4 is 16.7 Å². The van der Waals surface area contributed by atoms with Crippen LogP contribution in [-0.2, 0) is 17.4 Å². The van der Waals surface area contributed by atoms with E-state index in [9.17, 15) is 18.0 Å². The Hall–Kier alpha value is -1.95.